The van der Waals surface area contributed by atoms with Crippen molar-refractivity contribution in [3.05, 3.63) is 42.5 Å². The quantitative estimate of drug-likeness (QED) is 0.834. The summed E-state index contributed by atoms with van der Waals surface area (Å²) in [5, 5.41) is 5.80. The topological polar surface area (TPSA) is 62.2 Å². The lowest BCUT2D eigenvalue weighted by molar-refractivity contribution is 0.252. The molecule has 1 aromatic carbocycles. The van der Waals surface area contributed by atoms with Gasteiger partial charge in [0, 0.05) is 50.5 Å². The number of amides is 2. The average molecular weight is 313 g/mol. The Kier molecular flexibility index (Phi) is 4.80. The van der Waals surface area contributed by atoms with Crippen LogP contribution in [0, 0.1) is 0 Å². The number of aromatic nitrogens is 2. The van der Waals surface area contributed by atoms with E-state index < -0.39 is 0 Å². The van der Waals surface area contributed by atoms with Crippen LogP contribution >= 0.6 is 0 Å². The number of aryl methyl sites for hydroxylation is 2. The second-order valence-corrected chi connectivity index (χ2v) is 5.90. The van der Waals surface area contributed by atoms with Gasteiger partial charge >= 0.3 is 6.03 Å². The van der Waals surface area contributed by atoms with Crippen molar-refractivity contribution in [3.8, 4) is 0 Å². The minimum absolute atomic E-state index is 0.153. The van der Waals surface area contributed by atoms with Gasteiger partial charge in [0.25, 0.3) is 0 Å². The number of fused-ring (bicyclic) bond motifs is 1. The third-order valence-electron chi connectivity index (χ3n) is 4.13. The molecule has 2 aromatic rings. The fourth-order valence-corrected chi connectivity index (χ4v) is 2.92. The monoisotopic (exact) mass is 313 g/mol. The summed E-state index contributed by atoms with van der Waals surface area (Å²) in [4.78, 5) is 18.2. The van der Waals surface area contributed by atoms with E-state index in [4.69, 9.17) is 0 Å². The van der Waals surface area contributed by atoms with Gasteiger partial charge in [-0.2, -0.15) is 0 Å². The Morgan fingerprint density at radius 2 is 2.30 bits per heavy atom. The highest BCUT2D eigenvalue weighted by Gasteiger charge is 2.14. The van der Waals surface area contributed by atoms with Gasteiger partial charge in [-0.1, -0.05) is 0 Å². The van der Waals surface area contributed by atoms with Crippen LogP contribution < -0.4 is 15.5 Å². The predicted molar refractivity (Wildman–Crippen MR) is 91.9 cm³/mol. The van der Waals surface area contributed by atoms with E-state index in [-0.39, 0.29) is 6.03 Å². The van der Waals surface area contributed by atoms with E-state index in [0.717, 1.165) is 38.0 Å². The van der Waals surface area contributed by atoms with E-state index >= 15 is 0 Å². The lowest BCUT2D eigenvalue weighted by atomic mass is 10.0. The number of anilines is 2. The van der Waals surface area contributed by atoms with Gasteiger partial charge in [-0.25, -0.2) is 9.78 Å². The van der Waals surface area contributed by atoms with Crippen molar-refractivity contribution in [2.75, 3.05) is 30.4 Å². The Labute approximate surface area is 136 Å². The summed E-state index contributed by atoms with van der Waals surface area (Å²) in [7, 11) is 2.11. The maximum atomic E-state index is 12.0. The first-order chi connectivity index (χ1) is 11.2. The largest absolute Gasteiger partial charge is 0.374 e. The predicted octanol–water partition coefficient (Wildman–Crippen LogP) is 2.48. The van der Waals surface area contributed by atoms with E-state index in [1.165, 1.54) is 11.3 Å². The van der Waals surface area contributed by atoms with Gasteiger partial charge in [-0.3, -0.25) is 0 Å². The van der Waals surface area contributed by atoms with Gasteiger partial charge in [-0.05, 0) is 43.0 Å². The molecule has 6 heteroatoms. The molecular formula is C17H23N5O. The van der Waals surface area contributed by atoms with Crippen LogP contribution in [0.5, 0.6) is 0 Å². The number of carbonyl (C=O) groups is 1. The van der Waals surface area contributed by atoms with Crippen LogP contribution in [-0.4, -0.2) is 35.7 Å². The minimum atomic E-state index is -0.153. The van der Waals surface area contributed by atoms with Crippen LogP contribution in [-0.2, 0) is 13.0 Å². The Morgan fingerprint density at radius 3 is 3.13 bits per heavy atom. The standard InChI is InChI=1S/C17H23N5O/c1-21-9-2-4-14-12-15(5-6-16(14)21)20-17(23)19-7-3-10-22-11-8-18-13-22/h5-6,8,11-13H,2-4,7,9-10H2,1H3,(H2,19,20,23). The lowest BCUT2D eigenvalue weighted by Crippen LogP contribution is -2.30. The number of urea groups is 1. The van der Waals surface area contributed by atoms with E-state index in [1.54, 1.807) is 12.5 Å². The average Bonchev–Trinajstić information content (AvgIpc) is 3.05. The molecule has 0 saturated carbocycles. The zero-order chi connectivity index (χ0) is 16.1. The molecule has 2 amide bonds. The number of nitrogens with zero attached hydrogens (tertiary/aromatic N) is 3. The fourth-order valence-electron chi connectivity index (χ4n) is 2.92. The molecule has 0 fully saturated rings. The summed E-state index contributed by atoms with van der Waals surface area (Å²) in [5.74, 6) is 0. The smallest absolute Gasteiger partial charge is 0.319 e. The Morgan fingerprint density at radius 1 is 1.39 bits per heavy atom. The molecule has 0 aliphatic carbocycles. The fraction of sp³-hybridized carbons (Fsp3) is 0.412. The molecule has 1 aliphatic rings. The molecule has 23 heavy (non-hydrogen) atoms. The molecular weight excluding hydrogens is 290 g/mol. The minimum Gasteiger partial charge on any atom is -0.374 e. The number of hydrogen-bond donors (Lipinski definition) is 2. The van der Waals surface area contributed by atoms with Gasteiger partial charge in [0.05, 0.1) is 6.33 Å². The Hall–Kier alpha value is -2.50. The van der Waals surface area contributed by atoms with Crippen LogP contribution in [0.15, 0.2) is 36.9 Å². The molecule has 2 N–H and O–H groups in total. The first-order valence-corrected chi connectivity index (χ1v) is 8.07. The summed E-state index contributed by atoms with van der Waals surface area (Å²) in [6.07, 6.45) is 8.57. The molecule has 0 spiro atoms. The second-order valence-electron chi connectivity index (χ2n) is 5.90. The van der Waals surface area contributed by atoms with Gasteiger partial charge in [0.1, 0.15) is 0 Å². The Balaban J connectivity index is 1.46. The number of benzene rings is 1. The molecule has 1 aromatic heterocycles. The number of hydrogen-bond acceptors (Lipinski definition) is 3. The van der Waals surface area contributed by atoms with Crippen LogP contribution in [0.25, 0.3) is 0 Å². The van der Waals surface area contributed by atoms with Crippen molar-refractivity contribution in [1.82, 2.24) is 14.9 Å². The van der Waals surface area contributed by atoms with Crippen molar-refractivity contribution >= 4 is 17.4 Å². The molecule has 122 valence electrons. The molecule has 2 heterocycles. The third-order valence-corrected chi connectivity index (χ3v) is 4.13. The van der Waals surface area contributed by atoms with Gasteiger partial charge in [0.2, 0.25) is 0 Å². The highest BCUT2D eigenvalue weighted by Crippen LogP contribution is 2.28. The van der Waals surface area contributed by atoms with Gasteiger partial charge < -0.3 is 20.1 Å². The molecule has 3 rings (SSSR count). The second kappa shape index (κ2) is 7.17. The van der Waals surface area contributed by atoms with Crippen molar-refractivity contribution in [1.29, 1.82) is 0 Å². The highest BCUT2D eigenvalue weighted by molar-refractivity contribution is 5.89. The molecule has 0 radical (unpaired) electrons. The zero-order valence-corrected chi connectivity index (χ0v) is 13.5. The normalized spacial score (nSPS) is 13.5. The number of rotatable bonds is 5. The molecule has 0 saturated heterocycles. The van der Waals surface area contributed by atoms with E-state index in [9.17, 15) is 4.79 Å². The van der Waals surface area contributed by atoms with Crippen LogP contribution in [0.1, 0.15) is 18.4 Å². The summed E-state index contributed by atoms with van der Waals surface area (Å²) >= 11 is 0. The van der Waals surface area contributed by atoms with Gasteiger partial charge in [-0.15, -0.1) is 0 Å². The molecule has 0 atom stereocenters. The van der Waals surface area contributed by atoms with Crippen molar-refractivity contribution < 1.29 is 4.79 Å². The summed E-state index contributed by atoms with van der Waals surface area (Å²) in [5.41, 5.74) is 3.42. The molecule has 6 nitrogen and oxygen atoms in total. The summed E-state index contributed by atoms with van der Waals surface area (Å²) in [6, 6.07) is 5.98. The van der Waals surface area contributed by atoms with E-state index in [0.29, 0.717) is 6.54 Å². The first kappa shape index (κ1) is 15.4. The maximum absolute atomic E-state index is 12.0. The van der Waals surface area contributed by atoms with Crippen molar-refractivity contribution in [2.24, 2.45) is 0 Å². The number of carbonyl (C=O) groups excluding carboxylic acids is 1. The molecule has 0 unspecified atom stereocenters. The molecule has 0 bridgehead atoms. The van der Waals surface area contributed by atoms with Crippen molar-refractivity contribution in [3.63, 3.8) is 0 Å². The van der Waals surface area contributed by atoms with Crippen molar-refractivity contribution in [2.45, 2.75) is 25.8 Å². The first-order valence-electron chi connectivity index (χ1n) is 8.07. The SMILES string of the molecule is CN1CCCc2cc(NC(=O)NCCCn3ccnc3)ccc21. The summed E-state index contributed by atoms with van der Waals surface area (Å²) < 4.78 is 2.00. The number of imidazole rings is 1. The lowest BCUT2D eigenvalue weighted by Gasteiger charge is -2.27. The van der Waals surface area contributed by atoms with E-state index in [2.05, 4.69) is 39.7 Å². The number of nitrogens with one attached hydrogen (secondary N) is 2. The molecule has 1 aliphatic heterocycles. The Bertz CT molecular complexity index is 653. The maximum Gasteiger partial charge on any atom is 0.319 e. The van der Waals surface area contributed by atoms with Crippen LogP contribution in [0.2, 0.25) is 0 Å². The summed E-state index contributed by atoms with van der Waals surface area (Å²) in [6.45, 7) is 2.58. The van der Waals surface area contributed by atoms with E-state index in [1.807, 2.05) is 16.8 Å². The van der Waals surface area contributed by atoms with Crippen LogP contribution in [0.3, 0.4) is 0 Å². The highest BCUT2D eigenvalue weighted by atomic mass is 16.2. The van der Waals surface area contributed by atoms with Gasteiger partial charge in [0.15, 0.2) is 0 Å². The van der Waals surface area contributed by atoms with Crippen LogP contribution in [0.4, 0.5) is 16.2 Å². The zero-order valence-electron chi connectivity index (χ0n) is 13.5. The third kappa shape index (κ3) is 4.03.